The summed E-state index contributed by atoms with van der Waals surface area (Å²) >= 11 is 0. The Labute approximate surface area is 199 Å². The van der Waals surface area contributed by atoms with Gasteiger partial charge >= 0.3 is 6.09 Å². The third-order valence-electron chi connectivity index (χ3n) is 7.25. The fraction of sp³-hybridized carbons (Fsp3) is 0.375. The van der Waals surface area contributed by atoms with Crippen LogP contribution >= 0.6 is 0 Å². The summed E-state index contributed by atoms with van der Waals surface area (Å²) in [5, 5.41) is 7.54. The first-order valence-electron chi connectivity index (χ1n) is 11.3. The number of ether oxygens (including phenoxy) is 1. The van der Waals surface area contributed by atoms with Crippen LogP contribution in [-0.4, -0.2) is 63.8 Å². The Morgan fingerprint density at radius 2 is 1.94 bits per heavy atom. The first kappa shape index (κ1) is 21.6. The monoisotopic (exact) mass is 477 g/mol. The van der Waals surface area contributed by atoms with Gasteiger partial charge in [-0.1, -0.05) is 11.3 Å². The molecule has 6 rings (SSSR count). The molecule has 4 heterocycles. The van der Waals surface area contributed by atoms with E-state index >= 15 is 8.78 Å². The molecule has 0 radical (unpaired) electrons. The van der Waals surface area contributed by atoms with Gasteiger partial charge in [-0.15, -0.1) is 5.10 Å². The Balaban J connectivity index is 1.23. The van der Waals surface area contributed by atoms with Crippen molar-refractivity contribution in [2.75, 3.05) is 31.6 Å². The lowest BCUT2D eigenvalue weighted by Crippen LogP contribution is -2.26. The van der Waals surface area contributed by atoms with Gasteiger partial charge in [-0.3, -0.25) is 9.88 Å². The van der Waals surface area contributed by atoms with E-state index in [0.29, 0.717) is 5.69 Å². The van der Waals surface area contributed by atoms with Gasteiger partial charge in [0.25, 0.3) is 5.54 Å². The Hall–Kier alpha value is -3.91. The Bertz CT molecular complexity index is 1300. The molecule has 11 heteroatoms. The molecule has 0 spiro atoms. The van der Waals surface area contributed by atoms with Gasteiger partial charge in [-0.05, 0) is 25.2 Å². The number of pyridine rings is 1. The van der Waals surface area contributed by atoms with Gasteiger partial charge in [0.15, 0.2) is 0 Å². The minimum absolute atomic E-state index is 0.0707. The average molecular weight is 477 g/mol. The molecule has 3 fully saturated rings. The number of cyclic esters (lactones) is 1. The summed E-state index contributed by atoms with van der Waals surface area (Å²) in [6, 6.07) is 5.54. The zero-order chi connectivity index (χ0) is 24.3. The number of carbonyl (C=O) groups is 1. The minimum atomic E-state index is -0.813. The highest BCUT2D eigenvalue weighted by Crippen LogP contribution is 2.64. The molecule has 3 aliphatic rings. The zero-order valence-corrected chi connectivity index (χ0v) is 18.8. The summed E-state index contributed by atoms with van der Waals surface area (Å²) in [6.45, 7) is 9.85. The molecular formula is C24H21F2N7O2. The largest absolute Gasteiger partial charge is 0.442 e. The van der Waals surface area contributed by atoms with E-state index in [9.17, 15) is 4.79 Å². The highest BCUT2D eigenvalue weighted by Gasteiger charge is 2.77. The number of benzene rings is 1. The molecule has 0 N–H and O–H groups in total. The van der Waals surface area contributed by atoms with Crippen LogP contribution < -0.4 is 4.90 Å². The number of amides is 1. The van der Waals surface area contributed by atoms with Crippen molar-refractivity contribution in [2.45, 2.75) is 18.2 Å². The Morgan fingerprint density at radius 1 is 1.20 bits per heavy atom. The molecular weight excluding hydrogens is 456 g/mol. The standard InChI is InChI=1S/C24H21F2N7O2/c1-27-24(17-12-31(2)13-18(17)24)21-4-3-14(9-28-21)22-19(25)7-15(8-20(22)26)33-11-16(35-23(33)34)10-32-6-5-29-30-32/h3-9,16-18H,10-13H2,2H3/t16-,17-,18+,24?/m0/s1. The maximum atomic E-state index is 15.1. The lowest BCUT2D eigenvalue weighted by atomic mass is 10.0. The van der Waals surface area contributed by atoms with Gasteiger partial charge in [0.05, 0.1) is 42.4 Å². The van der Waals surface area contributed by atoms with Crippen LogP contribution in [0.3, 0.4) is 0 Å². The molecule has 1 unspecified atom stereocenters. The van der Waals surface area contributed by atoms with Crippen LogP contribution in [0.1, 0.15) is 5.69 Å². The van der Waals surface area contributed by atoms with E-state index in [0.717, 1.165) is 25.2 Å². The summed E-state index contributed by atoms with van der Waals surface area (Å²) in [5.74, 6) is -1.15. The second-order valence-corrected chi connectivity index (χ2v) is 9.33. The van der Waals surface area contributed by atoms with E-state index in [1.54, 1.807) is 18.3 Å². The molecule has 2 aliphatic heterocycles. The van der Waals surface area contributed by atoms with Crippen molar-refractivity contribution in [2.24, 2.45) is 11.8 Å². The van der Waals surface area contributed by atoms with Crippen molar-refractivity contribution < 1.29 is 18.3 Å². The van der Waals surface area contributed by atoms with E-state index in [1.165, 1.54) is 22.0 Å². The van der Waals surface area contributed by atoms with Gasteiger partial charge in [0.2, 0.25) is 0 Å². The molecule has 2 aromatic heterocycles. The van der Waals surface area contributed by atoms with Crippen LogP contribution in [0.5, 0.6) is 0 Å². The molecule has 1 amide bonds. The number of rotatable bonds is 5. The second kappa shape index (κ2) is 7.81. The van der Waals surface area contributed by atoms with Gasteiger partial charge in [0, 0.05) is 31.0 Å². The molecule has 1 aromatic carbocycles. The lowest BCUT2D eigenvalue weighted by molar-refractivity contribution is 0.129. The number of nitrogens with zero attached hydrogens (tertiary/aromatic N) is 7. The van der Waals surface area contributed by atoms with E-state index in [4.69, 9.17) is 11.3 Å². The maximum Gasteiger partial charge on any atom is 0.414 e. The highest BCUT2D eigenvalue weighted by atomic mass is 19.1. The summed E-state index contributed by atoms with van der Waals surface area (Å²) < 4.78 is 37.0. The topological polar surface area (TPSA) is 80.7 Å². The summed E-state index contributed by atoms with van der Waals surface area (Å²) in [7, 11) is 2.03. The number of hydrogen-bond acceptors (Lipinski definition) is 6. The number of piperidine rings is 1. The van der Waals surface area contributed by atoms with E-state index < -0.39 is 29.4 Å². The molecule has 0 bridgehead atoms. The SMILES string of the molecule is [C-]#[N+]C1(c2ccc(-c3c(F)cc(N4C[C@H](Cn5ccnn5)OC4=O)cc3F)cn2)[C@@H]2CN(C)C[C@@H]21. The normalized spacial score (nSPS) is 27.5. The van der Waals surface area contributed by atoms with Crippen molar-refractivity contribution in [1.29, 1.82) is 0 Å². The Morgan fingerprint density at radius 3 is 2.54 bits per heavy atom. The smallest absolute Gasteiger partial charge is 0.414 e. The quantitative estimate of drug-likeness (QED) is 0.526. The van der Waals surface area contributed by atoms with Crippen LogP contribution in [-0.2, 0) is 16.8 Å². The molecule has 2 saturated heterocycles. The lowest BCUT2D eigenvalue weighted by Gasteiger charge is -2.16. The third kappa shape index (κ3) is 3.36. The van der Waals surface area contributed by atoms with Gasteiger partial charge in [-0.25, -0.2) is 24.8 Å². The zero-order valence-electron chi connectivity index (χ0n) is 18.8. The van der Waals surface area contributed by atoms with Crippen molar-refractivity contribution in [3.05, 3.63) is 71.6 Å². The number of aromatic nitrogens is 4. The molecule has 9 nitrogen and oxygen atoms in total. The number of carbonyl (C=O) groups excluding carboxylic acids is 1. The van der Waals surface area contributed by atoms with E-state index in [2.05, 4.69) is 25.0 Å². The molecule has 1 saturated carbocycles. The molecule has 35 heavy (non-hydrogen) atoms. The van der Waals surface area contributed by atoms with Crippen LogP contribution in [0.2, 0.25) is 0 Å². The summed E-state index contributed by atoms with van der Waals surface area (Å²) in [5.41, 5.74) is 0.125. The van der Waals surface area contributed by atoms with Crippen LogP contribution in [0.25, 0.3) is 16.0 Å². The first-order valence-corrected chi connectivity index (χ1v) is 11.3. The van der Waals surface area contributed by atoms with E-state index in [1.807, 2.05) is 7.05 Å². The van der Waals surface area contributed by atoms with Crippen molar-refractivity contribution in [3.8, 4) is 11.1 Å². The number of anilines is 1. The fourth-order valence-electron chi connectivity index (χ4n) is 5.54. The van der Waals surface area contributed by atoms with E-state index in [-0.39, 0.29) is 41.7 Å². The van der Waals surface area contributed by atoms with Gasteiger partial charge in [0.1, 0.15) is 23.4 Å². The number of fused-ring (bicyclic) bond motifs is 1. The summed E-state index contributed by atoms with van der Waals surface area (Å²) in [6.07, 6.45) is 3.36. The van der Waals surface area contributed by atoms with Crippen LogP contribution in [0, 0.1) is 30.0 Å². The van der Waals surface area contributed by atoms with Crippen molar-refractivity contribution >= 4 is 11.8 Å². The van der Waals surface area contributed by atoms with Crippen LogP contribution in [0.15, 0.2) is 42.9 Å². The average Bonchev–Trinajstić information content (AvgIpc) is 3.31. The molecule has 178 valence electrons. The number of hydrogen-bond donors (Lipinski definition) is 0. The predicted octanol–water partition coefficient (Wildman–Crippen LogP) is 2.95. The molecule has 3 aromatic rings. The molecule has 1 aliphatic carbocycles. The molecule has 4 atom stereocenters. The minimum Gasteiger partial charge on any atom is -0.442 e. The Kier molecular flexibility index (Phi) is 4.82. The maximum absolute atomic E-state index is 15.1. The van der Waals surface area contributed by atoms with Gasteiger partial charge in [-0.2, -0.15) is 0 Å². The highest BCUT2D eigenvalue weighted by molar-refractivity contribution is 5.90. The third-order valence-corrected chi connectivity index (χ3v) is 7.25. The predicted molar refractivity (Wildman–Crippen MR) is 120 cm³/mol. The van der Waals surface area contributed by atoms with Gasteiger partial charge < -0.3 is 14.5 Å². The summed E-state index contributed by atoms with van der Waals surface area (Å²) in [4.78, 5) is 24.1. The van der Waals surface area contributed by atoms with Crippen molar-refractivity contribution in [1.82, 2.24) is 24.9 Å². The first-order chi connectivity index (χ1) is 16.9. The number of likely N-dealkylation sites (tertiary alicyclic amines) is 1. The van der Waals surface area contributed by atoms with Crippen molar-refractivity contribution in [3.63, 3.8) is 0 Å². The van der Waals surface area contributed by atoms with Crippen LogP contribution in [0.4, 0.5) is 19.3 Å². The fourth-order valence-corrected chi connectivity index (χ4v) is 5.54. The number of halogens is 2. The second-order valence-electron chi connectivity index (χ2n) is 9.33.